The van der Waals surface area contributed by atoms with Gasteiger partial charge in [0.25, 0.3) is 0 Å². The van der Waals surface area contributed by atoms with E-state index < -0.39 is 0 Å². The van der Waals surface area contributed by atoms with E-state index in [1.165, 1.54) is 0 Å². The number of carbonyl (C=O) groups is 1. The Balaban J connectivity index is 1.46. The number of allylic oxidation sites excluding steroid dienone is 4. The molecule has 1 fully saturated rings. The smallest absolute Gasteiger partial charge is 0.147 e. The molecule has 2 aromatic rings. The monoisotopic (exact) mass is 484 g/mol. The molecule has 1 saturated carbocycles. The SMILES string of the molecule is CN(CCCC1C=CC(F)=CC1)C1CC(C(=O)C(c2ccccc2)c2ccccc2)CC[C@H](C#N)C1. The van der Waals surface area contributed by atoms with Gasteiger partial charge in [-0.25, -0.2) is 4.39 Å². The molecule has 0 saturated heterocycles. The van der Waals surface area contributed by atoms with Gasteiger partial charge in [-0.2, -0.15) is 5.26 Å². The quantitative estimate of drug-likeness (QED) is 0.353. The molecule has 2 aromatic carbocycles. The lowest BCUT2D eigenvalue weighted by molar-refractivity contribution is -0.124. The largest absolute Gasteiger partial charge is 0.303 e. The molecule has 2 aliphatic rings. The van der Waals surface area contributed by atoms with Crippen LogP contribution in [0, 0.1) is 29.1 Å². The van der Waals surface area contributed by atoms with Crippen molar-refractivity contribution in [3.8, 4) is 6.07 Å². The van der Waals surface area contributed by atoms with E-state index in [-0.39, 0.29) is 35.4 Å². The first kappa shape index (κ1) is 26.0. The molecule has 4 heteroatoms. The minimum absolute atomic E-state index is 0.0171. The average Bonchev–Trinajstić information content (AvgIpc) is 3.14. The molecule has 0 aromatic heterocycles. The van der Waals surface area contributed by atoms with E-state index in [4.69, 9.17) is 0 Å². The molecule has 0 spiro atoms. The molecule has 36 heavy (non-hydrogen) atoms. The number of nitriles is 1. The number of nitrogens with zero attached hydrogens (tertiary/aromatic N) is 2. The minimum Gasteiger partial charge on any atom is -0.303 e. The van der Waals surface area contributed by atoms with Crippen molar-refractivity contribution >= 4 is 5.78 Å². The van der Waals surface area contributed by atoms with Crippen LogP contribution < -0.4 is 0 Å². The number of hydrogen-bond donors (Lipinski definition) is 0. The van der Waals surface area contributed by atoms with Gasteiger partial charge in [0.1, 0.15) is 11.6 Å². The Bertz CT molecular complexity index is 1050. The van der Waals surface area contributed by atoms with E-state index in [0.29, 0.717) is 5.92 Å². The van der Waals surface area contributed by atoms with E-state index in [0.717, 1.165) is 62.6 Å². The average molecular weight is 485 g/mol. The normalized spacial score (nSPS) is 24.2. The molecular weight excluding hydrogens is 447 g/mol. The van der Waals surface area contributed by atoms with Crippen molar-refractivity contribution < 1.29 is 9.18 Å². The van der Waals surface area contributed by atoms with Gasteiger partial charge in [0, 0.05) is 17.9 Å². The van der Waals surface area contributed by atoms with Gasteiger partial charge in [-0.05, 0) is 87.7 Å². The number of benzene rings is 2. The maximum atomic E-state index is 14.1. The molecule has 3 nitrogen and oxygen atoms in total. The third-order valence-electron chi connectivity index (χ3n) is 7.96. The summed E-state index contributed by atoms with van der Waals surface area (Å²) >= 11 is 0. The van der Waals surface area contributed by atoms with Gasteiger partial charge >= 0.3 is 0 Å². The summed E-state index contributed by atoms with van der Waals surface area (Å²) in [4.78, 5) is 16.5. The van der Waals surface area contributed by atoms with Crippen LogP contribution >= 0.6 is 0 Å². The molecule has 0 bridgehead atoms. The summed E-state index contributed by atoms with van der Waals surface area (Å²) in [5, 5.41) is 9.78. The highest BCUT2D eigenvalue weighted by atomic mass is 19.1. The lowest BCUT2D eigenvalue weighted by Crippen LogP contribution is -2.36. The second-order valence-corrected chi connectivity index (χ2v) is 10.4. The lowest BCUT2D eigenvalue weighted by atomic mass is 9.79. The first-order valence-corrected chi connectivity index (χ1v) is 13.3. The summed E-state index contributed by atoms with van der Waals surface area (Å²) in [6.45, 7) is 0.918. The zero-order valence-electron chi connectivity index (χ0n) is 21.2. The number of ketones is 1. The van der Waals surface area contributed by atoms with Crippen LogP contribution in [-0.2, 0) is 4.79 Å². The number of hydrogen-bond acceptors (Lipinski definition) is 3. The fourth-order valence-electron chi connectivity index (χ4n) is 5.81. The van der Waals surface area contributed by atoms with Gasteiger partial charge in [-0.3, -0.25) is 4.79 Å². The third-order valence-corrected chi connectivity index (χ3v) is 7.96. The highest BCUT2D eigenvalue weighted by molar-refractivity contribution is 5.91. The van der Waals surface area contributed by atoms with Crippen molar-refractivity contribution in [2.24, 2.45) is 17.8 Å². The van der Waals surface area contributed by atoms with Crippen molar-refractivity contribution in [2.45, 2.75) is 56.9 Å². The first-order valence-electron chi connectivity index (χ1n) is 13.3. The van der Waals surface area contributed by atoms with Crippen LogP contribution in [0.3, 0.4) is 0 Å². The van der Waals surface area contributed by atoms with E-state index in [2.05, 4.69) is 42.3 Å². The second kappa shape index (κ2) is 12.8. The number of carbonyl (C=O) groups excluding carboxylic acids is 1. The fourth-order valence-corrected chi connectivity index (χ4v) is 5.81. The van der Waals surface area contributed by atoms with Crippen molar-refractivity contribution in [2.75, 3.05) is 13.6 Å². The second-order valence-electron chi connectivity index (χ2n) is 10.4. The first-order chi connectivity index (χ1) is 17.5. The maximum Gasteiger partial charge on any atom is 0.147 e. The van der Waals surface area contributed by atoms with Crippen LogP contribution in [0.5, 0.6) is 0 Å². The number of Topliss-reactive ketones (excluding diaryl/α,β-unsaturated/α-hetero) is 1. The maximum absolute atomic E-state index is 14.1. The molecule has 188 valence electrons. The minimum atomic E-state index is -0.284. The highest BCUT2D eigenvalue weighted by Crippen LogP contribution is 2.36. The van der Waals surface area contributed by atoms with Gasteiger partial charge in [-0.1, -0.05) is 66.7 Å². The lowest BCUT2D eigenvalue weighted by Gasteiger charge is -2.31. The molecule has 4 atom stereocenters. The van der Waals surface area contributed by atoms with Crippen LogP contribution in [0.2, 0.25) is 0 Å². The van der Waals surface area contributed by atoms with Gasteiger partial charge in [-0.15, -0.1) is 0 Å². The van der Waals surface area contributed by atoms with Gasteiger partial charge in [0.2, 0.25) is 0 Å². The zero-order chi connectivity index (χ0) is 25.3. The Hall–Kier alpha value is -3.03. The molecule has 4 rings (SSSR count). The summed E-state index contributed by atoms with van der Waals surface area (Å²) in [7, 11) is 2.13. The van der Waals surface area contributed by atoms with Crippen LogP contribution in [0.25, 0.3) is 0 Å². The number of halogens is 1. The molecular formula is C32H37FN2O. The van der Waals surface area contributed by atoms with Crippen molar-refractivity contribution in [1.29, 1.82) is 5.26 Å². The fraction of sp³-hybridized carbons (Fsp3) is 0.438. The predicted octanol–water partition coefficient (Wildman–Crippen LogP) is 7.23. The summed E-state index contributed by atoms with van der Waals surface area (Å²) in [6, 6.07) is 22.9. The Morgan fingerprint density at radius 1 is 1.06 bits per heavy atom. The van der Waals surface area contributed by atoms with Gasteiger partial charge in [0.15, 0.2) is 0 Å². The van der Waals surface area contributed by atoms with Crippen molar-refractivity contribution in [1.82, 2.24) is 4.90 Å². The standard InChI is InChI=1S/C32H37FN2O/c1-35(20-8-9-24-15-18-29(33)19-16-24)30-21-25(23-34)14-17-28(22-30)32(36)31(26-10-4-2-5-11-26)27-12-6-3-7-13-27/h2-7,10-13,15,18-19,24-25,28,30-31H,8-9,14,16-17,20-22H2,1H3/t24?,25-,28?,30?/m0/s1. The molecule has 0 aliphatic heterocycles. The van der Waals surface area contributed by atoms with Crippen LogP contribution in [0.4, 0.5) is 4.39 Å². The Morgan fingerprint density at radius 3 is 2.31 bits per heavy atom. The third kappa shape index (κ3) is 6.80. The van der Waals surface area contributed by atoms with Crippen LogP contribution in [0.15, 0.2) is 84.7 Å². The van der Waals surface area contributed by atoms with Crippen LogP contribution in [-0.4, -0.2) is 30.3 Å². The Kier molecular flexibility index (Phi) is 9.25. The molecule has 0 N–H and O–H groups in total. The zero-order valence-corrected chi connectivity index (χ0v) is 21.2. The van der Waals surface area contributed by atoms with E-state index in [9.17, 15) is 14.4 Å². The summed E-state index contributed by atoms with van der Waals surface area (Å²) in [5.41, 5.74) is 2.07. The van der Waals surface area contributed by atoms with E-state index in [1.54, 1.807) is 12.2 Å². The summed E-state index contributed by atoms with van der Waals surface area (Å²) in [6.07, 6.45) is 11.2. The Labute approximate surface area is 215 Å². The van der Waals surface area contributed by atoms with Gasteiger partial charge < -0.3 is 4.90 Å². The molecule has 0 heterocycles. The molecule has 0 amide bonds. The topological polar surface area (TPSA) is 44.1 Å². The predicted molar refractivity (Wildman–Crippen MR) is 143 cm³/mol. The van der Waals surface area contributed by atoms with Gasteiger partial charge in [0.05, 0.1) is 12.0 Å². The van der Waals surface area contributed by atoms with E-state index >= 15 is 0 Å². The van der Waals surface area contributed by atoms with E-state index in [1.807, 2.05) is 42.5 Å². The van der Waals surface area contributed by atoms with Crippen molar-refractivity contribution in [3.05, 3.63) is 95.8 Å². The highest BCUT2D eigenvalue weighted by Gasteiger charge is 2.35. The molecule has 3 unspecified atom stereocenters. The molecule has 2 aliphatic carbocycles. The summed E-state index contributed by atoms with van der Waals surface area (Å²) in [5.74, 6) is 0.154. The summed E-state index contributed by atoms with van der Waals surface area (Å²) < 4.78 is 13.2. The molecule has 0 radical (unpaired) electrons. The Morgan fingerprint density at radius 2 is 1.72 bits per heavy atom. The van der Waals surface area contributed by atoms with Crippen LogP contribution in [0.1, 0.15) is 62.0 Å². The van der Waals surface area contributed by atoms with Crippen molar-refractivity contribution in [3.63, 3.8) is 0 Å². The number of rotatable bonds is 9.